The molecule has 0 saturated heterocycles. The maximum Gasteiger partial charge on any atom is 0.293 e. The normalized spacial score (nSPS) is 16.0. The van der Waals surface area contributed by atoms with Crippen molar-refractivity contribution in [2.24, 2.45) is 0 Å². The van der Waals surface area contributed by atoms with E-state index >= 15 is 0 Å². The monoisotopic (exact) mass is 326 g/mol. The molecule has 1 atom stereocenters. The highest BCUT2D eigenvalue weighted by atomic mass is 16.6. The van der Waals surface area contributed by atoms with Crippen LogP contribution in [0.4, 0.5) is 11.4 Å². The van der Waals surface area contributed by atoms with E-state index in [0.717, 1.165) is 17.7 Å². The Morgan fingerprint density at radius 1 is 1.33 bits per heavy atom. The molecule has 0 bridgehead atoms. The van der Waals surface area contributed by atoms with Crippen molar-refractivity contribution in [2.45, 2.75) is 19.3 Å². The number of hydrogen-bond donors (Lipinski definition) is 1. The van der Waals surface area contributed by atoms with Gasteiger partial charge in [0.1, 0.15) is 11.4 Å². The van der Waals surface area contributed by atoms with Crippen LogP contribution in [0, 0.1) is 10.1 Å². The maximum absolute atomic E-state index is 11.4. The standard InChI is InChI=1S/C18H18N2O4/c1-12(21)13-6-7-16(17(10-13)20(22)23)19-11-14-8-9-24-18-5-3-2-4-15(14)18/h2-7,10,14,19H,8-9,11H2,1H3. The Morgan fingerprint density at radius 3 is 2.88 bits per heavy atom. The van der Waals surface area contributed by atoms with Gasteiger partial charge in [-0.2, -0.15) is 0 Å². The Balaban J connectivity index is 1.80. The van der Waals surface area contributed by atoms with Gasteiger partial charge in [0.15, 0.2) is 5.78 Å². The molecule has 0 radical (unpaired) electrons. The summed E-state index contributed by atoms with van der Waals surface area (Å²) in [5, 5.41) is 14.4. The second-order valence-corrected chi connectivity index (χ2v) is 5.80. The van der Waals surface area contributed by atoms with Crippen LogP contribution < -0.4 is 10.1 Å². The lowest BCUT2D eigenvalue weighted by atomic mass is 9.93. The number of hydrogen-bond acceptors (Lipinski definition) is 5. The number of carbonyl (C=O) groups excluding carboxylic acids is 1. The largest absolute Gasteiger partial charge is 0.493 e. The fraction of sp³-hybridized carbons (Fsp3) is 0.278. The molecule has 1 unspecified atom stereocenters. The lowest BCUT2D eigenvalue weighted by molar-refractivity contribution is -0.384. The third-order valence-electron chi connectivity index (χ3n) is 4.22. The number of nitro groups is 1. The van der Waals surface area contributed by atoms with Crippen molar-refractivity contribution < 1.29 is 14.5 Å². The molecule has 0 spiro atoms. The first-order valence-electron chi connectivity index (χ1n) is 7.81. The number of Topliss-reactive ketones (excluding diaryl/α,β-unsaturated/α-hetero) is 1. The molecule has 1 N–H and O–H groups in total. The van der Waals surface area contributed by atoms with E-state index in [2.05, 4.69) is 5.32 Å². The number of fused-ring (bicyclic) bond motifs is 1. The minimum Gasteiger partial charge on any atom is -0.493 e. The van der Waals surface area contributed by atoms with Gasteiger partial charge in [0.2, 0.25) is 0 Å². The van der Waals surface area contributed by atoms with Crippen molar-refractivity contribution in [3.63, 3.8) is 0 Å². The molecular weight excluding hydrogens is 308 g/mol. The molecule has 2 aromatic carbocycles. The van der Waals surface area contributed by atoms with Gasteiger partial charge in [0, 0.05) is 24.1 Å². The van der Waals surface area contributed by atoms with Gasteiger partial charge in [0.05, 0.1) is 11.5 Å². The van der Waals surface area contributed by atoms with Gasteiger partial charge in [-0.3, -0.25) is 14.9 Å². The van der Waals surface area contributed by atoms with Crippen LogP contribution in [0.2, 0.25) is 0 Å². The van der Waals surface area contributed by atoms with Crippen molar-refractivity contribution in [3.8, 4) is 5.75 Å². The van der Waals surface area contributed by atoms with E-state index in [1.165, 1.54) is 13.0 Å². The van der Waals surface area contributed by atoms with E-state index in [-0.39, 0.29) is 17.4 Å². The fourth-order valence-electron chi connectivity index (χ4n) is 2.91. The first-order valence-corrected chi connectivity index (χ1v) is 7.81. The summed E-state index contributed by atoms with van der Waals surface area (Å²) in [6, 6.07) is 12.4. The average Bonchev–Trinajstić information content (AvgIpc) is 2.59. The Bertz CT molecular complexity index is 788. The lowest BCUT2D eigenvalue weighted by Crippen LogP contribution is -2.21. The van der Waals surface area contributed by atoms with E-state index in [9.17, 15) is 14.9 Å². The zero-order valence-electron chi connectivity index (χ0n) is 13.3. The van der Waals surface area contributed by atoms with Crippen molar-refractivity contribution in [1.29, 1.82) is 0 Å². The highest BCUT2D eigenvalue weighted by molar-refractivity contribution is 5.95. The smallest absolute Gasteiger partial charge is 0.293 e. The van der Waals surface area contributed by atoms with E-state index in [4.69, 9.17) is 4.74 Å². The Morgan fingerprint density at radius 2 is 2.12 bits per heavy atom. The second kappa shape index (κ2) is 6.70. The Hall–Kier alpha value is -2.89. The molecule has 3 rings (SSSR count). The molecule has 0 amide bonds. The van der Waals surface area contributed by atoms with E-state index in [1.807, 2.05) is 24.3 Å². The quantitative estimate of drug-likeness (QED) is 0.514. The van der Waals surface area contributed by atoms with Gasteiger partial charge in [-0.1, -0.05) is 18.2 Å². The first kappa shape index (κ1) is 16.0. The average molecular weight is 326 g/mol. The molecule has 1 heterocycles. The van der Waals surface area contributed by atoms with Gasteiger partial charge in [0.25, 0.3) is 5.69 Å². The highest BCUT2D eigenvalue weighted by Crippen LogP contribution is 2.34. The summed E-state index contributed by atoms with van der Waals surface area (Å²) < 4.78 is 5.64. The summed E-state index contributed by atoms with van der Waals surface area (Å²) >= 11 is 0. The van der Waals surface area contributed by atoms with Crippen molar-refractivity contribution >= 4 is 17.2 Å². The summed E-state index contributed by atoms with van der Waals surface area (Å²) in [7, 11) is 0. The summed E-state index contributed by atoms with van der Waals surface area (Å²) in [4.78, 5) is 22.2. The number of ether oxygens (including phenoxy) is 1. The fourth-order valence-corrected chi connectivity index (χ4v) is 2.91. The summed E-state index contributed by atoms with van der Waals surface area (Å²) in [6.45, 7) is 2.60. The summed E-state index contributed by atoms with van der Waals surface area (Å²) in [6.07, 6.45) is 0.851. The lowest BCUT2D eigenvalue weighted by Gasteiger charge is -2.26. The third kappa shape index (κ3) is 3.22. The second-order valence-electron chi connectivity index (χ2n) is 5.80. The molecule has 1 aliphatic rings. The van der Waals surface area contributed by atoms with Crippen LogP contribution in [-0.4, -0.2) is 23.9 Å². The van der Waals surface area contributed by atoms with Gasteiger partial charge in [-0.15, -0.1) is 0 Å². The number of rotatable bonds is 5. The van der Waals surface area contributed by atoms with Gasteiger partial charge in [-0.25, -0.2) is 0 Å². The number of carbonyl (C=O) groups is 1. The van der Waals surface area contributed by atoms with E-state index in [1.54, 1.807) is 12.1 Å². The molecule has 6 heteroatoms. The molecule has 124 valence electrons. The van der Waals surface area contributed by atoms with Crippen molar-refractivity contribution in [3.05, 3.63) is 63.7 Å². The number of nitro benzene ring substituents is 1. The molecule has 2 aromatic rings. The number of ketones is 1. The molecule has 24 heavy (non-hydrogen) atoms. The number of nitrogens with one attached hydrogen (secondary N) is 1. The summed E-state index contributed by atoms with van der Waals surface area (Å²) in [5.74, 6) is 0.905. The highest BCUT2D eigenvalue weighted by Gasteiger charge is 2.22. The number of para-hydroxylation sites is 1. The Labute approximate surface area is 139 Å². The minimum atomic E-state index is -0.466. The van der Waals surface area contributed by atoms with Crippen LogP contribution in [0.15, 0.2) is 42.5 Å². The zero-order chi connectivity index (χ0) is 17.1. The zero-order valence-corrected chi connectivity index (χ0v) is 13.3. The van der Waals surface area contributed by atoms with Crippen LogP contribution in [0.1, 0.15) is 35.2 Å². The molecule has 0 aliphatic carbocycles. The van der Waals surface area contributed by atoms with Crippen molar-refractivity contribution in [1.82, 2.24) is 0 Å². The van der Waals surface area contributed by atoms with Crippen LogP contribution in [-0.2, 0) is 0 Å². The van der Waals surface area contributed by atoms with Crippen LogP contribution in [0.5, 0.6) is 5.75 Å². The molecular formula is C18H18N2O4. The third-order valence-corrected chi connectivity index (χ3v) is 4.22. The summed E-state index contributed by atoms with van der Waals surface area (Å²) in [5.41, 5.74) is 1.79. The minimum absolute atomic E-state index is 0.0805. The van der Waals surface area contributed by atoms with Gasteiger partial charge >= 0.3 is 0 Å². The molecule has 0 fully saturated rings. The van der Waals surface area contributed by atoms with E-state index < -0.39 is 4.92 Å². The maximum atomic E-state index is 11.4. The predicted octanol–water partition coefficient (Wildman–Crippen LogP) is 3.78. The topological polar surface area (TPSA) is 81.5 Å². The van der Waals surface area contributed by atoms with Crippen molar-refractivity contribution in [2.75, 3.05) is 18.5 Å². The number of benzene rings is 2. The molecule has 6 nitrogen and oxygen atoms in total. The number of anilines is 1. The van der Waals surface area contributed by atoms with Crippen LogP contribution in [0.25, 0.3) is 0 Å². The van der Waals surface area contributed by atoms with Gasteiger partial charge in [-0.05, 0) is 37.1 Å². The SMILES string of the molecule is CC(=O)c1ccc(NCC2CCOc3ccccc32)c([N+](=O)[O-])c1. The van der Waals surface area contributed by atoms with Crippen LogP contribution >= 0.6 is 0 Å². The van der Waals surface area contributed by atoms with Crippen LogP contribution in [0.3, 0.4) is 0 Å². The molecule has 1 aliphatic heterocycles. The predicted molar refractivity (Wildman–Crippen MR) is 90.9 cm³/mol. The molecule has 0 aromatic heterocycles. The first-order chi connectivity index (χ1) is 11.6. The van der Waals surface area contributed by atoms with E-state index in [0.29, 0.717) is 24.4 Å². The Kier molecular flexibility index (Phi) is 4.46. The molecule has 0 saturated carbocycles. The number of nitrogens with zero attached hydrogens (tertiary/aromatic N) is 1. The van der Waals surface area contributed by atoms with Gasteiger partial charge < -0.3 is 10.1 Å².